The van der Waals surface area contributed by atoms with Crippen LogP contribution in [0.5, 0.6) is 0 Å². The van der Waals surface area contributed by atoms with Gasteiger partial charge < -0.3 is 5.73 Å². The first-order valence-corrected chi connectivity index (χ1v) is 6.58. The Morgan fingerprint density at radius 3 is 2.44 bits per heavy atom. The van der Waals surface area contributed by atoms with Gasteiger partial charge >= 0.3 is 0 Å². The van der Waals surface area contributed by atoms with Crippen molar-refractivity contribution in [3.8, 4) is 0 Å². The number of rotatable bonds is 5. The molecule has 0 bridgehead atoms. The van der Waals surface area contributed by atoms with Gasteiger partial charge in [-0.25, -0.2) is 4.39 Å². The van der Waals surface area contributed by atoms with E-state index in [4.69, 9.17) is 5.73 Å². The van der Waals surface area contributed by atoms with E-state index in [9.17, 15) is 4.39 Å². The molecule has 0 aliphatic rings. The predicted molar refractivity (Wildman–Crippen MR) is 69.7 cm³/mol. The summed E-state index contributed by atoms with van der Waals surface area (Å²) in [5.41, 5.74) is 6.66. The summed E-state index contributed by atoms with van der Waals surface area (Å²) >= 11 is 3.24. The fourth-order valence-corrected chi connectivity index (χ4v) is 2.24. The van der Waals surface area contributed by atoms with Gasteiger partial charge in [-0.2, -0.15) is 0 Å². The summed E-state index contributed by atoms with van der Waals surface area (Å²) in [7, 11) is 0. The van der Waals surface area contributed by atoms with Crippen molar-refractivity contribution in [2.75, 3.05) is 0 Å². The fourth-order valence-electron chi connectivity index (χ4n) is 1.91. The predicted octanol–water partition coefficient (Wildman–Crippen LogP) is 4.41. The minimum Gasteiger partial charge on any atom is -0.324 e. The molecule has 1 unspecified atom stereocenters. The van der Waals surface area contributed by atoms with Crippen LogP contribution in [-0.4, -0.2) is 0 Å². The largest absolute Gasteiger partial charge is 0.324 e. The molecule has 0 aromatic heterocycles. The van der Waals surface area contributed by atoms with Gasteiger partial charge in [0.2, 0.25) is 0 Å². The number of halogens is 2. The molecule has 1 aromatic rings. The summed E-state index contributed by atoms with van der Waals surface area (Å²) in [6.45, 7) is 4.30. The first-order chi connectivity index (χ1) is 7.58. The molecule has 2 N–H and O–H groups in total. The topological polar surface area (TPSA) is 26.0 Å². The zero-order chi connectivity index (χ0) is 12.1. The first kappa shape index (κ1) is 13.7. The van der Waals surface area contributed by atoms with E-state index in [0.29, 0.717) is 11.5 Å². The van der Waals surface area contributed by atoms with Crippen LogP contribution in [0.25, 0.3) is 0 Å². The molecule has 0 aliphatic carbocycles. The van der Waals surface area contributed by atoms with Crippen molar-refractivity contribution < 1.29 is 4.39 Å². The Balaban J connectivity index is 2.76. The smallest absolute Gasteiger partial charge is 0.129 e. The third kappa shape index (κ3) is 3.56. The van der Waals surface area contributed by atoms with E-state index in [-0.39, 0.29) is 11.9 Å². The number of benzene rings is 1. The van der Waals surface area contributed by atoms with Crippen molar-refractivity contribution in [1.82, 2.24) is 0 Å². The Labute approximate surface area is 105 Å². The molecular weight excluding hydrogens is 269 g/mol. The number of hydrogen-bond donors (Lipinski definition) is 1. The van der Waals surface area contributed by atoms with Crippen LogP contribution in [0, 0.1) is 11.7 Å². The van der Waals surface area contributed by atoms with Crippen LogP contribution >= 0.6 is 15.9 Å². The maximum Gasteiger partial charge on any atom is 0.129 e. The third-order valence-corrected chi connectivity index (χ3v) is 3.60. The summed E-state index contributed by atoms with van der Waals surface area (Å²) in [6.07, 6.45) is 3.05. The molecule has 0 saturated heterocycles. The molecule has 0 radical (unpaired) electrons. The van der Waals surface area contributed by atoms with Gasteiger partial charge in [0, 0.05) is 16.1 Å². The second kappa shape index (κ2) is 6.36. The van der Waals surface area contributed by atoms with E-state index in [0.717, 1.165) is 23.7 Å². The molecule has 1 atom stereocenters. The van der Waals surface area contributed by atoms with Crippen LogP contribution in [0.1, 0.15) is 44.7 Å². The third-order valence-electron chi connectivity index (χ3n) is 3.10. The van der Waals surface area contributed by atoms with E-state index < -0.39 is 0 Å². The average molecular weight is 288 g/mol. The highest BCUT2D eigenvalue weighted by atomic mass is 79.9. The van der Waals surface area contributed by atoms with Gasteiger partial charge in [0.05, 0.1) is 0 Å². The van der Waals surface area contributed by atoms with Crippen LogP contribution in [0.4, 0.5) is 4.39 Å². The molecule has 0 heterocycles. The SMILES string of the molecule is CCC(CC)CC(N)c1ccc(Br)cc1F. The second-order valence-electron chi connectivity index (χ2n) is 4.19. The second-order valence-corrected chi connectivity index (χ2v) is 5.11. The molecule has 0 aliphatic heterocycles. The summed E-state index contributed by atoms with van der Waals surface area (Å²) < 4.78 is 14.4. The Morgan fingerprint density at radius 2 is 1.94 bits per heavy atom. The maximum absolute atomic E-state index is 13.6. The zero-order valence-electron chi connectivity index (χ0n) is 9.84. The van der Waals surface area contributed by atoms with E-state index in [1.165, 1.54) is 6.07 Å². The fraction of sp³-hybridized carbons (Fsp3) is 0.538. The van der Waals surface area contributed by atoms with Crippen molar-refractivity contribution in [3.05, 3.63) is 34.1 Å². The van der Waals surface area contributed by atoms with Gasteiger partial charge in [-0.3, -0.25) is 0 Å². The molecule has 1 rings (SSSR count). The minimum atomic E-state index is -0.215. The highest BCUT2D eigenvalue weighted by molar-refractivity contribution is 9.10. The van der Waals surface area contributed by atoms with Crippen LogP contribution in [0.15, 0.2) is 22.7 Å². The lowest BCUT2D eigenvalue weighted by Crippen LogP contribution is -2.16. The summed E-state index contributed by atoms with van der Waals surface area (Å²) in [5.74, 6) is 0.367. The summed E-state index contributed by atoms with van der Waals surface area (Å²) in [4.78, 5) is 0. The Kier molecular flexibility index (Phi) is 5.42. The van der Waals surface area contributed by atoms with E-state index in [1.807, 2.05) is 6.07 Å². The summed E-state index contributed by atoms with van der Waals surface area (Å²) in [5, 5.41) is 0. The molecule has 1 nitrogen and oxygen atoms in total. The van der Waals surface area contributed by atoms with Gasteiger partial charge in [-0.05, 0) is 24.5 Å². The van der Waals surface area contributed by atoms with Crippen LogP contribution in [0.2, 0.25) is 0 Å². The molecule has 1 aromatic carbocycles. The van der Waals surface area contributed by atoms with Gasteiger partial charge in [0.15, 0.2) is 0 Å². The van der Waals surface area contributed by atoms with Crippen molar-refractivity contribution in [2.45, 2.75) is 39.2 Å². The van der Waals surface area contributed by atoms with Gasteiger partial charge in [0.1, 0.15) is 5.82 Å². The van der Waals surface area contributed by atoms with E-state index in [1.54, 1.807) is 6.07 Å². The Hall–Kier alpha value is -0.410. The molecule has 90 valence electrons. The lowest BCUT2D eigenvalue weighted by Gasteiger charge is -2.19. The van der Waals surface area contributed by atoms with Crippen molar-refractivity contribution in [3.63, 3.8) is 0 Å². The van der Waals surface area contributed by atoms with Gasteiger partial charge in [-0.15, -0.1) is 0 Å². The Morgan fingerprint density at radius 1 is 1.31 bits per heavy atom. The first-order valence-electron chi connectivity index (χ1n) is 5.79. The zero-order valence-corrected chi connectivity index (χ0v) is 11.4. The van der Waals surface area contributed by atoms with Gasteiger partial charge in [-0.1, -0.05) is 48.7 Å². The number of hydrogen-bond acceptors (Lipinski definition) is 1. The lowest BCUT2D eigenvalue weighted by atomic mass is 9.91. The molecule has 0 fully saturated rings. The molecule has 0 spiro atoms. The molecule has 0 amide bonds. The number of nitrogens with two attached hydrogens (primary N) is 1. The normalized spacial score (nSPS) is 13.1. The monoisotopic (exact) mass is 287 g/mol. The van der Waals surface area contributed by atoms with E-state index in [2.05, 4.69) is 29.8 Å². The highest BCUT2D eigenvalue weighted by Crippen LogP contribution is 2.26. The maximum atomic E-state index is 13.6. The molecule has 3 heteroatoms. The molecular formula is C13H19BrFN. The Bertz CT molecular complexity index is 337. The minimum absolute atomic E-state index is 0.196. The standard InChI is InChI=1S/C13H19BrFN/c1-3-9(4-2)7-13(16)11-6-5-10(14)8-12(11)15/h5-6,8-9,13H,3-4,7,16H2,1-2H3. The highest BCUT2D eigenvalue weighted by Gasteiger charge is 2.15. The van der Waals surface area contributed by atoms with Crippen LogP contribution in [0.3, 0.4) is 0 Å². The van der Waals surface area contributed by atoms with Crippen molar-refractivity contribution in [1.29, 1.82) is 0 Å². The van der Waals surface area contributed by atoms with Gasteiger partial charge in [0.25, 0.3) is 0 Å². The average Bonchev–Trinajstić information content (AvgIpc) is 2.25. The van der Waals surface area contributed by atoms with Crippen molar-refractivity contribution >= 4 is 15.9 Å². The quantitative estimate of drug-likeness (QED) is 0.853. The van der Waals surface area contributed by atoms with Crippen molar-refractivity contribution in [2.24, 2.45) is 11.7 Å². The van der Waals surface area contributed by atoms with Crippen LogP contribution in [-0.2, 0) is 0 Å². The summed E-state index contributed by atoms with van der Waals surface area (Å²) in [6, 6.07) is 4.89. The lowest BCUT2D eigenvalue weighted by molar-refractivity contribution is 0.407. The van der Waals surface area contributed by atoms with E-state index >= 15 is 0 Å². The molecule has 0 saturated carbocycles. The van der Waals surface area contributed by atoms with Crippen LogP contribution < -0.4 is 5.73 Å². The molecule has 16 heavy (non-hydrogen) atoms.